The van der Waals surface area contributed by atoms with Gasteiger partial charge in [-0.3, -0.25) is 0 Å². The minimum Gasteiger partial charge on any atom is -0.476 e. The Kier molecular flexibility index (Phi) is 3.08. The Morgan fingerprint density at radius 1 is 1.32 bits per heavy atom. The van der Waals surface area contributed by atoms with Crippen molar-refractivity contribution < 1.29 is 19.4 Å². The number of aromatic nitrogens is 2. The van der Waals surface area contributed by atoms with Gasteiger partial charge in [0.25, 0.3) is 0 Å². The molecule has 2 aliphatic rings. The van der Waals surface area contributed by atoms with E-state index in [2.05, 4.69) is 9.97 Å². The van der Waals surface area contributed by atoms with Gasteiger partial charge in [0.15, 0.2) is 11.5 Å². The Labute approximate surface area is 110 Å². The van der Waals surface area contributed by atoms with E-state index in [0.29, 0.717) is 25.6 Å². The van der Waals surface area contributed by atoms with Gasteiger partial charge >= 0.3 is 5.97 Å². The molecule has 0 radical (unpaired) electrons. The summed E-state index contributed by atoms with van der Waals surface area (Å²) in [7, 11) is 0. The molecule has 0 atom stereocenters. The monoisotopic (exact) mass is 265 g/mol. The molecule has 2 saturated heterocycles. The van der Waals surface area contributed by atoms with Crippen molar-refractivity contribution in [1.29, 1.82) is 0 Å². The number of aromatic carboxylic acids is 1. The quantitative estimate of drug-likeness (QED) is 0.834. The third kappa shape index (κ3) is 2.39. The number of piperidine rings is 1. The van der Waals surface area contributed by atoms with Gasteiger partial charge in [0, 0.05) is 13.0 Å². The van der Waals surface area contributed by atoms with E-state index in [0.717, 1.165) is 19.4 Å². The lowest BCUT2D eigenvalue weighted by Crippen LogP contribution is -2.49. The summed E-state index contributed by atoms with van der Waals surface area (Å²) >= 11 is 0. The fourth-order valence-corrected chi connectivity index (χ4v) is 2.51. The van der Waals surface area contributed by atoms with E-state index in [1.165, 1.54) is 12.4 Å². The summed E-state index contributed by atoms with van der Waals surface area (Å²) in [5.41, 5.74) is -0.0520. The predicted octanol–water partition coefficient (Wildman–Crippen LogP) is 0.518. The Hall–Kier alpha value is -1.73. The lowest BCUT2D eigenvalue weighted by molar-refractivity contribution is -0.161. The highest BCUT2D eigenvalue weighted by molar-refractivity contribution is 5.84. The second kappa shape index (κ2) is 4.75. The van der Waals surface area contributed by atoms with Gasteiger partial charge < -0.3 is 19.5 Å². The number of hydrogen-bond acceptors (Lipinski definition) is 6. The van der Waals surface area contributed by atoms with Gasteiger partial charge in [-0.15, -0.1) is 0 Å². The van der Waals surface area contributed by atoms with Crippen molar-refractivity contribution in [3.8, 4) is 0 Å². The van der Waals surface area contributed by atoms with Crippen LogP contribution in [0.2, 0.25) is 0 Å². The molecule has 2 fully saturated rings. The van der Waals surface area contributed by atoms with Crippen molar-refractivity contribution in [2.75, 3.05) is 31.2 Å². The van der Waals surface area contributed by atoms with Crippen LogP contribution in [-0.4, -0.2) is 53.1 Å². The summed E-state index contributed by atoms with van der Waals surface area (Å²) in [6.07, 6.45) is 4.58. The average molecular weight is 265 g/mol. The molecule has 1 aromatic rings. The summed E-state index contributed by atoms with van der Waals surface area (Å²) in [4.78, 5) is 20.8. The Bertz CT molecular complexity index is 470. The summed E-state index contributed by atoms with van der Waals surface area (Å²) in [5.74, 6) is -0.939. The zero-order valence-corrected chi connectivity index (χ0v) is 10.4. The first-order chi connectivity index (χ1) is 9.19. The van der Waals surface area contributed by atoms with Gasteiger partial charge in [-0.2, -0.15) is 0 Å². The van der Waals surface area contributed by atoms with E-state index in [4.69, 9.17) is 14.6 Å². The number of carboxylic acid groups (broad SMARTS) is 1. The number of nitrogens with zero attached hydrogens (tertiary/aromatic N) is 3. The van der Waals surface area contributed by atoms with E-state index >= 15 is 0 Å². The first-order valence-electron chi connectivity index (χ1n) is 6.27. The minimum atomic E-state index is -1.07. The zero-order valence-electron chi connectivity index (χ0n) is 10.4. The SMILES string of the molecule is O=C(O)c1cnc(N2CCCC3(C2)OCCO3)cn1. The molecule has 3 heterocycles. The van der Waals surface area contributed by atoms with Gasteiger partial charge in [-0.25, -0.2) is 14.8 Å². The highest BCUT2D eigenvalue weighted by Crippen LogP contribution is 2.31. The Morgan fingerprint density at radius 2 is 2.11 bits per heavy atom. The van der Waals surface area contributed by atoms with Crippen molar-refractivity contribution in [2.24, 2.45) is 0 Å². The average Bonchev–Trinajstić information content (AvgIpc) is 2.87. The van der Waals surface area contributed by atoms with Crippen molar-refractivity contribution in [3.63, 3.8) is 0 Å². The maximum atomic E-state index is 10.7. The van der Waals surface area contributed by atoms with Crippen LogP contribution in [0.3, 0.4) is 0 Å². The first kappa shape index (κ1) is 12.3. The van der Waals surface area contributed by atoms with Gasteiger partial charge in [-0.1, -0.05) is 0 Å². The Morgan fingerprint density at radius 3 is 2.74 bits per heavy atom. The molecule has 0 amide bonds. The molecule has 0 bridgehead atoms. The summed E-state index contributed by atoms with van der Waals surface area (Å²) in [6.45, 7) is 2.69. The van der Waals surface area contributed by atoms with Crippen LogP contribution in [-0.2, 0) is 9.47 Å². The maximum Gasteiger partial charge on any atom is 0.356 e. The van der Waals surface area contributed by atoms with Gasteiger partial charge in [0.2, 0.25) is 0 Å². The van der Waals surface area contributed by atoms with Gasteiger partial charge in [0.05, 0.1) is 32.2 Å². The van der Waals surface area contributed by atoms with Crippen LogP contribution in [0.1, 0.15) is 23.3 Å². The molecule has 3 rings (SSSR count). The third-order valence-corrected chi connectivity index (χ3v) is 3.41. The largest absolute Gasteiger partial charge is 0.476 e. The van der Waals surface area contributed by atoms with Crippen LogP contribution < -0.4 is 4.90 Å². The standard InChI is InChI=1S/C12H15N3O4/c16-11(17)9-6-14-10(7-13-9)15-3-1-2-12(8-15)18-4-5-19-12/h6-7H,1-5,8H2,(H,16,17). The van der Waals surface area contributed by atoms with E-state index in [9.17, 15) is 4.79 Å². The molecule has 7 nitrogen and oxygen atoms in total. The second-order valence-corrected chi connectivity index (χ2v) is 4.70. The molecule has 1 aromatic heterocycles. The molecular formula is C12H15N3O4. The topological polar surface area (TPSA) is 84.8 Å². The van der Waals surface area contributed by atoms with Crippen molar-refractivity contribution in [3.05, 3.63) is 18.1 Å². The Balaban J connectivity index is 1.76. The zero-order chi connectivity index (χ0) is 13.3. The third-order valence-electron chi connectivity index (χ3n) is 3.41. The summed E-state index contributed by atoms with van der Waals surface area (Å²) in [5, 5.41) is 8.80. The molecule has 19 heavy (non-hydrogen) atoms. The van der Waals surface area contributed by atoms with Crippen LogP contribution in [0.25, 0.3) is 0 Å². The first-order valence-corrected chi connectivity index (χ1v) is 6.27. The van der Waals surface area contributed by atoms with Crippen molar-refractivity contribution in [1.82, 2.24) is 9.97 Å². The predicted molar refractivity (Wildman–Crippen MR) is 65.1 cm³/mol. The van der Waals surface area contributed by atoms with E-state index in [-0.39, 0.29) is 5.69 Å². The molecule has 1 N–H and O–H groups in total. The van der Waals surface area contributed by atoms with E-state index < -0.39 is 11.8 Å². The van der Waals surface area contributed by atoms with Crippen molar-refractivity contribution >= 4 is 11.8 Å². The lowest BCUT2D eigenvalue weighted by atomic mass is 10.0. The molecule has 0 aliphatic carbocycles. The molecule has 0 saturated carbocycles. The van der Waals surface area contributed by atoms with Gasteiger partial charge in [-0.05, 0) is 6.42 Å². The van der Waals surface area contributed by atoms with Crippen LogP contribution >= 0.6 is 0 Å². The maximum absolute atomic E-state index is 10.7. The molecule has 2 aliphatic heterocycles. The number of anilines is 1. The van der Waals surface area contributed by atoms with E-state index in [1.54, 1.807) is 0 Å². The fourth-order valence-electron chi connectivity index (χ4n) is 2.51. The van der Waals surface area contributed by atoms with Crippen LogP contribution in [0, 0.1) is 0 Å². The minimum absolute atomic E-state index is 0.0520. The molecule has 0 aromatic carbocycles. The van der Waals surface area contributed by atoms with Gasteiger partial charge in [0.1, 0.15) is 5.82 Å². The normalized spacial score (nSPS) is 21.8. The van der Waals surface area contributed by atoms with E-state index in [1.807, 2.05) is 4.90 Å². The number of carbonyl (C=O) groups is 1. The van der Waals surface area contributed by atoms with Crippen molar-refractivity contribution in [2.45, 2.75) is 18.6 Å². The summed E-state index contributed by atoms with van der Waals surface area (Å²) < 4.78 is 11.4. The fraction of sp³-hybridized carbons (Fsp3) is 0.583. The number of rotatable bonds is 2. The number of ether oxygens (including phenoxy) is 2. The summed E-state index contributed by atoms with van der Waals surface area (Å²) in [6, 6.07) is 0. The highest BCUT2D eigenvalue weighted by Gasteiger charge is 2.41. The number of carboxylic acids is 1. The number of hydrogen-bond donors (Lipinski definition) is 1. The molecular weight excluding hydrogens is 250 g/mol. The smallest absolute Gasteiger partial charge is 0.356 e. The lowest BCUT2D eigenvalue weighted by Gasteiger charge is -2.38. The second-order valence-electron chi connectivity index (χ2n) is 4.70. The highest BCUT2D eigenvalue weighted by atomic mass is 16.7. The molecule has 0 unspecified atom stereocenters. The molecule has 1 spiro atoms. The van der Waals surface area contributed by atoms with Crippen LogP contribution in [0.15, 0.2) is 12.4 Å². The van der Waals surface area contributed by atoms with Crippen LogP contribution in [0.5, 0.6) is 0 Å². The molecule has 7 heteroatoms. The molecule has 102 valence electrons. The van der Waals surface area contributed by atoms with Crippen LogP contribution in [0.4, 0.5) is 5.82 Å².